The number of carbonyl (C=O) groups is 2. The number of ether oxygens (including phenoxy) is 2. The van der Waals surface area contributed by atoms with Crippen molar-refractivity contribution in [3.05, 3.63) is 0 Å². The first-order chi connectivity index (χ1) is 12.0. The van der Waals surface area contributed by atoms with Crippen molar-refractivity contribution >= 4 is 11.9 Å². The number of esters is 2. The second-order valence-electron chi connectivity index (χ2n) is 10.5. The minimum absolute atomic E-state index is 0.236. The van der Waals surface area contributed by atoms with Crippen LogP contribution in [0.4, 0.5) is 0 Å². The van der Waals surface area contributed by atoms with Crippen LogP contribution in [0.25, 0.3) is 0 Å². The standard InChI is InChI=1S/C22H36O4/c1-7-22(16-9-14-8-15(11-16)12-17(22)10-14)26-18(23)13-25-19(24)21(5,6)20(2,3)4/h14-17H,7-13H2,1-6H3. The Bertz CT molecular complexity index is 541. The van der Waals surface area contributed by atoms with Gasteiger partial charge in [-0.2, -0.15) is 0 Å². The van der Waals surface area contributed by atoms with Crippen LogP contribution in [-0.2, 0) is 19.1 Å². The van der Waals surface area contributed by atoms with Crippen LogP contribution in [-0.4, -0.2) is 24.1 Å². The predicted molar refractivity (Wildman–Crippen MR) is 100 cm³/mol. The van der Waals surface area contributed by atoms with E-state index in [1.54, 1.807) is 0 Å². The van der Waals surface area contributed by atoms with Crippen LogP contribution in [0.5, 0.6) is 0 Å². The molecule has 0 aromatic rings. The molecule has 4 rings (SSSR count). The summed E-state index contributed by atoms with van der Waals surface area (Å²) in [6.07, 6.45) is 7.04. The lowest BCUT2D eigenvalue weighted by molar-refractivity contribution is -0.215. The normalized spacial score (nSPS) is 36.1. The van der Waals surface area contributed by atoms with E-state index in [1.807, 2.05) is 34.6 Å². The first-order valence-corrected chi connectivity index (χ1v) is 10.4. The minimum Gasteiger partial charge on any atom is -0.456 e. The van der Waals surface area contributed by atoms with E-state index in [0.717, 1.165) is 18.3 Å². The Kier molecular flexibility index (Phi) is 4.94. The molecular weight excluding hydrogens is 328 g/mol. The lowest BCUT2D eigenvalue weighted by atomic mass is 9.49. The van der Waals surface area contributed by atoms with Gasteiger partial charge in [0.15, 0.2) is 6.61 Å². The molecule has 0 aliphatic heterocycles. The molecule has 4 fully saturated rings. The molecule has 148 valence electrons. The van der Waals surface area contributed by atoms with E-state index in [9.17, 15) is 9.59 Å². The largest absolute Gasteiger partial charge is 0.456 e. The molecule has 0 unspecified atom stereocenters. The third-order valence-electron chi connectivity index (χ3n) is 8.08. The molecule has 0 spiro atoms. The van der Waals surface area contributed by atoms with E-state index in [-0.39, 0.29) is 29.6 Å². The van der Waals surface area contributed by atoms with Crippen molar-refractivity contribution in [1.82, 2.24) is 0 Å². The van der Waals surface area contributed by atoms with Gasteiger partial charge in [0.25, 0.3) is 0 Å². The highest BCUT2D eigenvalue weighted by molar-refractivity contribution is 5.80. The topological polar surface area (TPSA) is 52.6 Å². The molecule has 0 atom stereocenters. The smallest absolute Gasteiger partial charge is 0.344 e. The molecule has 26 heavy (non-hydrogen) atoms. The van der Waals surface area contributed by atoms with Gasteiger partial charge in [-0.3, -0.25) is 4.79 Å². The Labute approximate surface area is 158 Å². The highest BCUT2D eigenvalue weighted by atomic mass is 16.6. The Morgan fingerprint density at radius 3 is 1.85 bits per heavy atom. The molecule has 0 aromatic carbocycles. The van der Waals surface area contributed by atoms with Crippen molar-refractivity contribution in [3.8, 4) is 0 Å². The van der Waals surface area contributed by atoms with Crippen LogP contribution >= 0.6 is 0 Å². The summed E-state index contributed by atoms with van der Waals surface area (Å²) in [5.41, 5.74) is -1.21. The average molecular weight is 365 g/mol. The van der Waals surface area contributed by atoms with Crippen molar-refractivity contribution in [3.63, 3.8) is 0 Å². The van der Waals surface area contributed by atoms with E-state index in [4.69, 9.17) is 9.47 Å². The molecule has 0 radical (unpaired) electrons. The molecule has 4 aliphatic carbocycles. The minimum atomic E-state index is -0.654. The number of carbonyl (C=O) groups excluding carboxylic acids is 2. The van der Waals surface area contributed by atoms with E-state index in [0.29, 0.717) is 11.8 Å². The summed E-state index contributed by atoms with van der Waals surface area (Å²) in [6.45, 7) is 11.6. The van der Waals surface area contributed by atoms with E-state index >= 15 is 0 Å². The van der Waals surface area contributed by atoms with E-state index < -0.39 is 5.41 Å². The number of hydrogen-bond acceptors (Lipinski definition) is 4. The summed E-state index contributed by atoms with van der Waals surface area (Å²) in [5.74, 6) is 1.95. The van der Waals surface area contributed by atoms with Crippen LogP contribution in [0.15, 0.2) is 0 Å². The van der Waals surface area contributed by atoms with Gasteiger partial charge in [-0.25, -0.2) is 4.79 Å². The fraction of sp³-hybridized carbons (Fsp3) is 0.909. The molecule has 0 heterocycles. The summed E-state index contributed by atoms with van der Waals surface area (Å²) < 4.78 is 11.5. The highest BCUT2D eigenvalue weighted by Gasteiger charge is 2.58. The zero-order valence-electron chi connectivity index (χ0n) is 17.4. The molecule has 0 aromatic heterocycles. The maximum absolute atomic E-state index is 12.6. The second-order valence-corrected chi connectivity index (χ2v) is 10.5. The summed E-state index contributed by atoms with van der Waals surface area (Å²) in [6, 6.07) is 0. The summed E-state index contributed by atoms with van der Waals surface area (Å²) in [5, 5.41) is 0. The van der Waals surface area contributed by atoms with Crippen molar-refractivity contribution in [2.75, 3.05) is 6.61 Å². The lowest BCUT2D eigenvalue weighted by Gasteiger charge is -2.60. The van der Waals surface area contributed by atoms with Gasteiger partial charge >= 0.3 is 11.9 Å². The van der Waals surface area contributed by atoms with Gasteiger partial charge in [0, 0.05) is 0 Å². The average Bonchev–Trinajstić information content (AvgIpc) is 2.54. The summed E-state index contributed by atoms with van der Waals surface area (Å²) in [4.78, 5) is 25.1. The SMILES string of the molecule is CCC1(OC(=O)COC(=O)C(C)(C)C(C)(C)C)C2CC3CC(C2)CC1C3. The molecule has 0 amide bonds. The summed E-state index contributed by atoms with van der Waals surface area (Å²) in [7, 11) is 0. The third-order valence-corrected chi connectivity index (χ3v) is 8.08. The predicted octanol–water partition coefficient (Wildman–Crippen LogP) is 4.75. The van der Waals surface area contributed by atoms with Gasteiger partial charge in [0.1, 0.15) is 5.60 Å². The second kappa shape index (κ2) is 6.53. The van der Waals surface area contributed by atoms with Gasteiger partial charge in [0.2, 0.25) is 0 Å². The maximum atomic E-state index is 12.6. The molecule has 4 saturated carbocycles. The Hall–Kier alpha value is -1.06. The molecular formula is C22H36O4. The van der Waals surface area contributed by atoms with E-state index in [2.05, 4.69) is 6.92 Å². The van der Waals surface area contributed by atoms with Crippen LogP contribution in [0.1, 0.15) is 80.1 Å². The van der Waals surface area contributed by atoms with Gasteiger partial charge in [0.05, 0.1) is 5.41 Å². The first kappa shape index (κ1) is 19.7. The van der Waals surface area contributed by atoms with Gasteiger partial charge in [-0.05, 0) is 81.5 Å². The number of hydrogen-bond donors (Lipinski definition) is 0. The molecule has 0 N–H and O–H groups in total. The molecule has 0 saturated heterocycles. The molecule has 4 heteroatoms. The van der Waals surface area contributed by atoms with Crippen molar-refractivity contribution < 1.29 is 19.1 Å². The van der Waals surface area contributed by atoms with Crippen LogP contribution < -0.4 is 0 Å². The Morgan fingerprint density at radius 2 is 1.42 bits per heavy atom. The van der Waals surface area contributed by atoms with Crippen LogP contribution in [0, 0.1) is 34.5 Å². The monoisotopic (exact) mass is 364 g/mol. The quantitative estimate of drug-likeness (QED) is 0.661. The van der Waals surface area contributed by atoms with Crippen molar-refractivity contribution in [2.24, 2.45) is 34.5 Å². The molecule has 4 nitrogen and oxygen atoms in total. The lowest BCUT2D eigenvalue weighted by Crippen LogP contribution is -2.59. The molecule has 4 aliphatic rings. The zero-order chi connectivity index (χ0) is 19.3. The van der Waals surface area contributed by atoms with Gasteiger partial charge in [-0.1, -0.05) is 27.7 Å². The van der Waals surface area contributed by atoms with Crippen molar-refractivity contribution in [2.45, 2.75) is 85.7 Å². The van der Waals surface area contributed by atoms with Crippen LogP contribution in [0.2, 0.25) is 0 Å². The number of rotatable bonds is 5. The van der Waals surface area contributed by atoms with E-state index in [1.165, 1.54) is 32.1 Å². The fourth-order valence-electron chi connectivity index (χ4n) is 5.65. The Morgan fingerprint density at radius 1 is 0.923 bits per heavy atom. The van der Waals surface area contributed by atoms with Gasteiger partial charge in [-0.15, -0.1) is 0 Å². The van der Waals surface area contributed by atoms with Crippen molar-refractivity contribution in [1.29, 1.82) is 0 Å². The van der Waals surface area contributed by atoms with Crippen LogP contribution in [0.3, 0.4) is 0 Å². The summed E-state index contributed by atoms with van der Waals surface area (Å²) >= 11 is 0. The fourth-order valence-corrected chi connectivity index (χ4v) is 5.65. The highest BCUT2D eigenvalue weighted by Crippen LogP contribution is 2.60. The maximum Gasteiger partial charge on any atom is 0.344 e. The molecule has 4 bridgehead atoms. The zero-order valence-corrected chi connectivity index (χ0v) is 17.4. The third kappa shape index (κ3) is 3.18. The first-order valence-electron chi connectivity index (χ1n) is 10.4. The Balaban J connectivity index is 1.62. The van der Waals surface area contributed by atoms with Gasteiger partial charge < -0.3 is 9.47 Å².